The number of carbonyl (C=O) groups excluding carboxylic acids is 2. The van der Waals surface area contributed by atoms with Crippen LogP contribution in [-0.2, 0) is 7.05 Å². The van der Waals surface area contributed by atoms with Gasteiger partial charge in [-0.1, -0.05) is 35.0 Å². The molecule has 1 saturated heterocycles. The van der Waals surface area contributed by atoms with Gasteiger partial charge in [0.15, 0.2) is 0 Å². The lowest BCUT2D eigenvalue weighted by atomic mass is 10.1. The van der Waals surface area contributed by atoms with E-state index in [2.05, 4.69) is 26.7 Å². The van der Waals surface area contributed by atoms with Crippen molar-refractivity contribution in [2.24, 2.45) is 7.05 Å². The number of hydrogen-bond donors (Lipinski definition) is 1. The number of rotatable bonds is 5. The van der Waals surface area contributed by atoms with Gasteiger partial charge in [-0.05, 0) is 37.6 Å². The molecule has 5 rings (SSSR count). The van der Waals surface area contributed by atoms with Gasteiger partial charge in [-0.3, -0.25) is 9.59 Å². The van der Waals surface area contributed by atoms with Crippen LogP contribution in [0.5, 0.6) is 0 Å². The molecule has 1 atom stereocenters. The van der Waals surface area contributed by atoms with Gasteiger partial charge in [-0.25, -0.2) is 9.67 Å². The Balaban J connectivity index is 1.31. The minimum absolute atomic E-state index is 0.0916. The summed E-state index contributed by atoms with van der Waals surface area (Å²) in [6, 6.07) is 13.5. The molecule has 4 aromatic rings. The maximum atomic E-state index is 13.5. The summed E-state index contributed by atoms with van der Waals surface area (Å²) in [4.78, 5) is 33.6. The predicted octanol–water partition coefficient (Wildman–Crippen LogP) is 3.65. The topological polar surface area (TPSA) is 93.0 Å². The molecule has 2 amide bonds. The normalized spacial score (nSPS) is 15.7. The number of benzene rings is 2. The number of hydrogen-bond acceptors (Lipinski definition) is 7. The molecule has 2 aromatic heterocycles. The van der Waals surface area contributed by atoms with Crippen molar-refractivity contribution in [1.82, 2.24) is 30.2 Å². The van der Waals surface area contributed by atoms with Gasteiger partial charge in [-0.15, -0.1) is 28.2 Å². The lowest BCUT2D eigenvalue weighted by Crippen LogP contribution is -2.42. The first kappa shape index (κ1) is 22.5. The average molecular weight is 493 g/mol. The van der Waals surface area contributed by atoms with Crippen molar-refractivity contribution in [2.75, 3.05) is 18.8 Å². The van der Waals surface area contributed by atoms with Crippen LogP contribution in [-0.4, -0.2) is 60.9 Å². The summed E-state index contributed by atoms with van der Waals surface area (Å²) in [5.41, 5.74) is 4.68. The molecule has 1 aliphatic heterocycles. The molecule has 0 bridgehead atoms. The van der Waals surface area contributed by atoms with E-state index in [0.29, 0.717) is 29.9 Å². The van der Waals surface area contributed by atoms with Gasteiger partial charge in [0.05, 0.1) is 20.8 Å². The number of carbonyl (C=O) groups is 2. The molecule has 34 heavy (non-hydrogen) atoms. The second-order valence-electron chi connectivity index (χ2n) is 8.23. The van der Waals surface area contributed by atoms with E-state index in [1.165, 1.54) is 11.3 Å². The summed E-state index contributed by atoms with van der Waals surface area (Å²) < 4.78 is 1.67. The lowest BCUT2D eigenvalue weighted by Gasteiger charge is -2.24. The molecule has 1 N–H and O–H groups in total. The first-order chi connectivity index (χ1) is 16.4. The van der Waals surface area contributed by atoms with Crippen LogP contribution in [0.25, 0.3) is 21.5 Å². The summed E-state index contributed by atoms with van der Waals surface area (Å²) >= 11 is 3.20. The van der Waals surface area contributed by atoms with Crippen molar-refractivity contribution in [2.45, 2.75) is 19.2 Å². The second kappa shape index (κ2) is 9.19. The number of thiazole rings is 1. The average Bonchev–Trinajstić information content (AvgIpc) is 3.55. The zero-order valence-electron chi connectivity index (χ0n) is 19.1. The van der Waals surface area contributed by atoms with Crippen molar-refractivity contribution >= 4 is 45.9 Å². The maximum Gasteiger partial charge on any atom is 0.274 e. The predicted molar refractivity (Wildman–Crippen MR) is 135 cm³/mol. The van der Waals surface area contributed by atoms with Crippen LogP contribution in [0.15, 0.2) is 42.5 Å². The van der Waals surface area contributed by atoms with Crippen LogP contribution in [0.1, 0.15) is 31.4 Å². The van der Waals surface area contributed by atoms with Gasteiger partial charge in [0.1, 0.15) is 11.2 Å². The van der Waals surface area contributed by atoms with Crippen LogP contribution >= 0.6 is 23.1 Å². The Kier molecular flexibility index (Phi) is 6.09. The van der Waals surface area contributed by atoms with Gasteiger partial charge >= 0.3 is 0 Å². The van der Waals surface area contributed by atoms with E-state index in [1.54, 1.807) is 28.6 Å². The molecule has 0 radical (unpaired) electrons. The van der Waals surface area contributed by atoms with Gasteiger partial charge in [0, 0.05) is 31.5 Å². The summed E-state index contributed by atoms with van der Waals surface area (Å²) in [6.45, 7) is 4.94. The van der Waals surface area contributed by atoms with Gasteiger partial charge in [0.2, 0.25) is 0 Å². The molecule has 8 nitrogen and oxygen atoms in total. The first-order valence-electron chi connectivity index (χ1n) is 11.0. The Morgan fingerprint density at radius 1 is 1.18 bits per heavy atom. The Morgan fingerprint density at radius 3 is 2.85 bits per heavy atom. The molecule has 0 spiro atoms. The Labute approximate surface area is 205 Å². The van der Waals surface area contributed by atoms with E-state index in [1.807, 2.05) is 50.1 Å². The fourth-order valence-corrected chi connectivity index (χ4v) is 6.14. The number of nitrogens with zero attached hydrogens (tertiary/aromatic N) is 5. The number of thioether (sulfide) groups is 1. The second-order valence-corrected chi connectivity index (χ2v) is 10.7. The fourth-order valence-electron chi connectivity index (χ4n) is 4.08. The highest BCUT2D eigenvalue weighted by atomic mass is 32.2. The molecule has 0 saturated carbocycles. The van der Waals surface area contributed by atoms with Crippen LogP contribution in [0.4, 0.5) is 0 Å². The first-order valence-corrected chi connectivity index (χ1v) is 12.8. The van der Waals surface area contributed by atoms with Gasteiger partial charge in [0.25, 0.3) is 11.8 Å². The zero-order valence-corrected chi connectivity index (χ0v) is 20.7. The molecule has 3 heterocycles. The molecule has 2 aromatic carbocycles. The molecule has 174 valence electrons. The number of amides is 2. The van der Waals surface area contributed by atoms with Crippen LogP contribution in [0.2, 0.25) is 0 Å². The third-order valence-corrected chi connectivity index (χ3v) is 8.02. The van der Waals surface area contributed by atoms with Crippen molar-refractivity contribution in [3.8, 4) is 10.4 Å². The molecule has 10 heteroatoms. The number of fused-ring (bicyclic) bond motifs is 1. The number of nitrogens with one attached hydrogen (secondary N) is 1. The standard InChI is InChI=1S/C24H24N6O2S2/c1-14-5-4-6-16(11-14)22-21(26-15(2)34-22)24(32)30-9-10-33-20(30)13-25-23(31)17-7-8-19-18(12-17)27-28-29(19)3/h4-8,11-12,20H,9-10,13H2,1-3H3,(H,25,31). The summed E-state index contributed by atoms with van der Waals surface area (Å²) in [5.74, 6) is 0.532. The van der Waals surface area contributed by atoms with Crippen LogP contribution in [0.3, 0.4) is 0 Å². The van der Waals surface area contributed by atoms with Crippen molar-refractivity contribution in [3.05, 3.63) is 64.3 Å². The third kappa shape index (κ3) is 4.30. The SMILES string of the molecule is Cc1cccc(-c2sc(C)nc2C(=O)N2CCSC2CNC(=O)c2ccc3c(c2)nnn3C)c1. The highest BCUT2D eigenvalue weighted by Crippen LogP contribution is 2.33. The van der Waals surface area contributed by atoms with E-state index in [4.69, 9.17) is 0 Å². The Hall–Kier alpha value is -3.24. The van der Waals surface area contributed by atoms with Gasteiger partial charge in [-0.2, -0.15) is 0 Å². The summed E-state index contributed by atoms with van der Waals surface area (Å²) in [6.07, 6.45) is 0. The van der Waals surface area contributed by atoms with Crippen LogP contribution in [0, 0.1) is 13.8 Å². The third-order valence-electron chi connectivity index (χ3n) is 5.78. The van der Waals surface area contributed by atoms with E-state index in [0.717, 1.165) is 32.3 Å². The van der Waals surface area contributed by atoms with E-state index in [-0.39, 0.29) is 17.2 Å². The van der Waals surface area contributed by atoms with E-state index >= 15 is 0 Å². The van der Waals surface area contributed by atoms with Crippen molar-refractivity contribution in [1.29, 1.82) is 0 Å². The van der Waals surface area contributed by atoms with E-state index < -0.39 is 0 Å². The van der Waals surface area contributed by atoms with E-state index in [9.17, 15) is 9.59 Å². The Bertz CT molecular complexity index is 1400. The van der Waals surface area contributed by atoms with Crippen molar-refractivity contribution in [3.63, 3.8) is 0 Å². The molecule has 0 aliphatic carbocycles. The van der Waals surface area contributed by atoms with Crippen LogP contribution < -0.4 is 5.32 Å². The zero-order chi connectivity index (χ0) is 23.8. The quantitative estimate of drug-likeness (QED) is 0.457. The highest BCUT2D eigenvalue weighted by Gasteiger charge is 2.33. The summed E-state index contributed by atoms with van der Waals surface area (Å²) in [5, 5.41) is 11.7. The van der Waals surface area contributed by atoms with Crippen molar-refractivity contribution < 1.29 is 9.59 Å². The largest absolute Gasteiger partial charge is 0.349 e. The minimum atomic E-state index is -0.197. The number of aromatic nitrogens is 4. The smallest absolute Gasteiger partial charge is 0.274 e. The lowest BCUT2D eigenvalue weighted by molar-refractivity contribution is 0.0747. The Morgan fingerprint density at radius 2 is 2.03 bits per heavy atom. The summed E-state index contributed by atoms with van der Waals surface area (Å²) in [7, 11) is 1.81. The molecular formula is C24H24N6O2S2. The molecule has 1 aliphatic rings. The van der Waals surface area contributed by atoms with Gasteiger partial charge < -0.3 is 10.2 Å². The highest BCUT2D eigenvalue weighted by molar-refractivity contribution is 8.00. The molecular weight excluding hydrogens is 468 g/mol. The molecule has 1 fully saturated rings. The molecule has 1 unspecified atom stereocenters. The number of aryl methyl sites for hydroxylation is 3. The fraction of sp³-hybridized carbons (Fsp3) is 0.292. The monoisotopic (exact) mass is 492 g/mol. The maximum absolute atomic E-state index is 13.5. The minimum Gasteiger partial charge on any atom is -0.349 e.